The van der Waals surface area contributed by atoms with Gasteiger partial charge < -0.3 is 9.47 Å². The Balaban J connectivity index is 1.55. The van der Waals surface area contributed by atoms with Gasteiger partial charge in [0.15, 0.2) is 4.80 Å². The fourth-order valence-corrected chi connectivity index (χ4v) is 4.79. The molecule has 134 valence electrons. The molecular formula is C18H23N3O2S2. The van der Waals surface area contributed by atoms with E-state index in [1.54, 1.807) is 0 Å². The van der Waals surface area contributed by atoms with Crippen LogP contribution in [0.1, 0.15) is 19.8 Å². The lowest BCUT2D eigenvalue weighted by Gasteiger charge is -2.30. The van der Waals surface area contributed by atoms with Gasteiger partial charge in [0.2, 0.25) is 5.91 Å². The molecule has 0 unspecified atom stereocenters. The number of para-hydroxylation sites is 1. The first kappa shape index (κ1) is 18.2. The summed E-state index contributed by atoms with van der Waals surface area (Å²) in [6, 6.07) is 8.00. The lowest BCUT2D eigenvalue weighted by Crippen LogP contribution is -2.40. The van der Waals surface area contributed by atoms with Crippen molar-refractivity contribution in [1.29, 1.82) is 0 Å². The molecule has 1 saturated heterocycles. The maximum atomic E-state index is 12.2. The van der Waals surface area contributed by atoms with Crippen molar-refractivity contribution in [2.24, 2.45) is 18.0 Å². The zero-order valence-corrected chi connectivity index (χ0v) is 16.2. The molecule has 1 atom stereocenters. The van der Waals surface area contributed by atoms with Crippen LogP contribution < -0.4 is 4.80 Å². The fourth-order valence-electron chi connectivity index (χ4n) is 3.06. The number of fused-ring (bicyclic) bond motifs is 1. The average Bonchev–Trinajstić information content (AvgIpc) is 2.91. The van der Waals surface area contributed by atoms with Gasteiger partial charge in [-0.3, -0.25) is 9.59 Å². The van der Waals surface area contributed by atoms with Gasteiger partial charge in [-0.05, 0) is 30.9 Å². The Kier molecular flexibility index (Phi) is 5.96. The van der Waals surface area contributed by atoms with E-state index in [9.17, 15) is 9.59 Å². The Labute approximate surface area is 155 Å². The van der Waals surface area contributed by atoms with Crippen LogP contribution in [0.5, 0.6) is 0 Å². The maximum Gasteiger partial charge on any atom is 0.258 e. The Morgan fingerprint density at radius 3 is 2.88 bits per heavy atom. The van der Waals surface area contributed by atoms with E-state index >= 15 is 0 Å². The normalized spacial score (nSPS) is 18.7. The molecule has 1 aliphatic rings. The zero-order chi connectivity index (χ0) is 17.8. The highest BCUT2D eigenvalue weighted by Gasteiger charge is 2.20. The van der Waals surface area contributed by atoms with Crippen LogP contribution in [0.4, 0.5) is 0 Å². The third-order valence-electron chi connectivity index (χ3n) is 4.40. The van der Waals surface area contributed by atoms with Gasteiger partial charge in [0.25, 0.3) is 5.91 Å². The van der Waals surface area contributed by atoms with Gasteiger partial charge >= 0.3 is 0 Å². The van der Waals surface area contributed by atoms with Crippen LogP contribution in [0.2, 0.25) is 0 Å². The molecule has 2 heterocycles. The Bertz CT molecular complexity index is 840. The van der Waals surface area contributed by atoms with Gasteiger partial charge in [0.05, 0.1) is 21.7 Å². The molecule has 1 aromatic heterocycles. The summed E-state index contributed by atoms with van der Waals surface area (Å²) in [5, 5.41) is 0. The molecule has 0 N–H and O–H groups in total. The Hall–Kier alpha value is -1.60. The predicted molar refractivity (Wildman–Crippen MR) is 104 cm³/mol. The highest BCUT2D eigenvalue weighted by molar-refractivity contribution is 8.00. The van der Waals surface area contributed by atoms with Gasteiger partial charge in [-0.15, -0.1) is 11.8 Å². The van der Waals surface area contributed by atoms with Crippen molar-refractivity contribution in [3.05, 3.63) is 29.1 Å². The third kappa shape index (κ3) is 4.52. The van der Waals surface area contributed by atoms with Crippen molar-refractivity contribution in [3.8, 4) is 0 Å². The minimum Gasteiger partial charge on any atom is -0.342 e. The number of hydrogen-bond donors (Lipinski definition) is 0. The number of thiazole rings is 1. The van der Waals surface area contributed by atoms with E-state index in [0.717, 1.165) is 29.7 Å². The van der Waals surface area contributed by atoms with Gasteiger partial charge in [0, 0.05) is 20.1 Å². The number of aromatic nitrogens is 1. The van der Waals surface area contributed by atoms with E-state index in [-0.39, 0.29) is 17.6 Å². The number of aryl methyl sites for hydroxylation is 1. The first-order valence-corrected chi connectivity index (χ1v) is 10.5. The number of piperidine rings is 1. The summed E-state index contributed by atoms with van der Waals surface area (Å²) >= 11 is 2.86. The highest BCUT2D eigenvalue weighted by atomic mass is 32.2. The SMILES string of the molecule is C[C@@H]1CCCN(C(=O)CSCC(=O)N=c2sc3ccccc3n2C)C1. The smallest absolute Gasteiger partial charge is 0.258 e. The number of benzene rings is 1. The van der Waals surface area contributed by atoms with E-state index in [1.807, 2.05) is 40.8 Å². The van der Waals surface area contributed by atoms with Crippen LogP contribution in [-0.4, -0.2) is 45.9 Å². The molecule has 1 fully saturated rings. The van der Waals surface area contributed by atoms with E-state index in [1.165, 1.54) is 29.5 Å². The summed E-state index contributed by atoms with van der Waals surface area (Å²) in [5.41, 5.74) is 1.07. The summed E-state index contributed by atoms with van der Waals surface area (Å²) in [6.45, 7) is 3.87. The Morgan fingerprint density at radius 2 is 2.12 bits per heavy atom. The van der Waals surface area contributed by atoms with E-state index in [0.29, 0.717) is 16.5 Å². The summed E-state index contributed by atoms with van der Waals surface area (Å²) in [6.07, 6.45) is 2.27. The second-order valence-electron chi connectivity index (χ2n) is 6.50. The topological polar surface area (TPSA) is 54.7 Å². The number of hydrogen-bond acceptors (Lipinski definition) is 4. The van der Waals surface area contributed by atoms with Gasteiger partial charge in [-0.1, -0.05) is 30.4 Å². The monoisotopic (exact) mass is 377 g/mol. The van der Waals surface area contributed by atoms with E-state index in [4.69, 9.17) is 0 Å². The molecule has 5 nitrogen and oxygen atoms in total. The number of rotatable bonds is 4. The molecule has 0 saturated carbocycles. The number of likely N-dealkylation sites (tertiary alicyclic amines) is 1. The van der Waals surface area contributed by atoms with Crippen molar-refractivity contribution >= 4 is 45.1 Å². The summed E-state index contributed by atoms with van der Waals surface area (Å²) < 4.78 is 3.04. The molecular weight excluding hydrogens is 354 g/mol. The molecule has 0 spiro atoms. The molecule has 7 heteroatoms. The number of carbonyl (C=O) groups is 2. The van der Waals surface area contributed by atoms with Crippen molar-refractivity contribution in [3.63, 3.8) is 0 Å². The molecule has 2 amide bonds. The largest absolute Gasteiger partial charge is 0.342 e. The van der Waals surface area contributed by atoms with Gasteiger partial charge in [-0.25, -0.2) is 0 Å². The fraction of sp³-hybridized carbons (Fsp3) is 0.500. The molecule has 25 heavy (non-hydrogen) atoms. The first-order valence-electron chi connectivity index (χ1n) is 8.52. The number of thioether (sulfide) groups is 1. The second kappa shape index (κ2) is 8.19. The highest BCUT2D eigenvalue weighted by Crippen LogP contribution is 2.17. The van der Waals surface area contributed by atoms with Crippen LogP contribution in [-0.2, 0) is 16.6 Å². The minimum atomic E-state index is -0.188. The lowest BCUT2D eigenvalue weighted by atomic mass is 10.0. The average molecular weight is 378 g/mol. The first-order chi connectivity index (χ1) is 12.0. The zero-order valence-electron chi connectivity index (χ0n) is 14.6. The lowest BCUT2D eigenvalue weighted by molar-refractivity contribution is -0.130. The van der Waals surface area contributed by atoms with Gasteiger partial charge in [-0.2, -0.15) is 4.99 Å². The molecule has 3 rings (SSSR count). The second-order valence-corrected chi connectivity index (χ2v) is 8.49. The minimum absolute atomic E-state index is 0.136. The summed E-state index contributed by atoms with van der Waals surface area (Å²) in [7, 11) is 1.92. The standard InChI is InChI=1S/C18H23N3O2S2/c1-13-6-5-9-21(10-13)17(23)12-24-11-16(22)19-18-20(2)14-7-3-4-8-15(14)25-18/h3-4,7-8,13H,5-6,9-12H2,1-2H3/t13-/m1/s1. The summed E-state index contributed by atoms with van der Waals surface area (Å²) in [5.74, 6) is 1.12. The number of amides is 2. The molecule has 0 aliphatic carbocycles. The number of carbonyl (C=O) groups excluding carboxylic acids is 2. The Morgan fingerprint density at radius 1 is 1.32 bits per heavy atom. The van der Waals surface area contributed by atoms with Crippen molar-refractivity contribution in [2.75, 3.05) is 24.6 Å². The third-order valence-corrected chi connectivity index (χ3v) is 6.41. The van der Waals surface area contributed by atoms with Crippen molar-refractivity contribution in [2.45, 2.75) is 19.8 Å². The van der Waals surface area contributed by atoms with Crippen LogP contribution in [0, 0.1) is 5.92 Å². The predicted octanol–water partition coefficient (Wildman–Crippen LogP) is 2.66. The van der Waals surface area contributed by atoms with Crippen LogP contribution >= 0.6 is 23.1 Å². The molecule has 2 aromatic rings. The van der Waals surface area contributed by atoms with Gasteiger partial charge in [0.1, 0.15) is 0 Å². The van der Waals surface area contributed by atoms with E-state index < -0.39 is 0 Å². The molecule has 0 radical (unpaired) electrons. The van der Waals surface area contributed by atoms with Crippen molar-refractivity contribution < 1.29 is 9.59 Å². The quantitative estimate of drug-likeness (QED) is 0.823. The van der Waals surface area contributed by atoms with Crippen molar-refractivity contribution in [1.82, 2.24) is 9.47 Å². The number of nitrogens with zero attached hydrogens (tertiary/aromatic N) is 3. The van der Waals surface area contributed by atoms with Crippen LogP contribution in [0.3, 0.4) is 0 Å². The molecule has 1 aliphatic heterocycles. The maximum absolute atomic E-state index is 12.2. The van der Waals surface area contributed by atoms with Crippen LogP contribution in [0.15, 0.2) is 29.3 Å². The molecule has 1 aromatic carbocycles. The summed E-state index contributed by atoms with van der Waals surface area (Å²) in [4.78, 5) is 31.2. The molecule has 0 bridgehead atoms. The van der Waals surface area contributed by atoms with E-state index in [2.05, 4.69) is 11.9 Å². The van der Waals surface area contributed by atoms with Crippen LogP contribution in [0.25, 0.3) is 10.2 Å².